The van der Waals surface area contributed by atoms with E-state index in [0.29, 0.717) is 6.04 Å². The van der Waals surface area contributed by atoms with Crippen molar-refractivity contribution in [3.8, 4) is 6.07 Å². The van der Waals surface area contributed by atoms with Crippen molar-refractivity contribution in [2.75, 3.05) is 0 Å². The topological polar surface area (TPSA) is 48.7 Å². The van der Waals surface area contributed by atoms with Gasteiger partial charge in [-0.15, -0.1) is 11.3 Å². The molecule has 4 heteroatoms. The molecule has 2 atom stereocenters. The second-order valence-electron chi connectivity index (χ2n) is 6.05. The Labute approximate surface area is 113 Å². The highest BCUT2D eigenvalue weighted by molar-refractivity contribution is 7.09. The molecular formula is C14H21N3S. The summed E-state index contributed by atoms with van der Waals surface area (Å²) in [5.41, 5.74) is 1.24. The standard InChI is InChI=1S/C14H21N3S/c1-14(2,3)13-17-11(9-18-13)8-16-12-6-4-5-10(12)7-15/h9-10,12,16H,4-6,8H2,1-3H3. The van der Waals surface area contributed by atoms with Crippen LogP contribution in [0.2, 0.25) is 0 Å². The van der Waals surface area contributed by atoms with Crippen LogP contribution < -0.4 is 5.32 Å². The van der Waals surface area contributed by atoms with E-state index in [9.17, 15) is 0 Å². The number of hydrogen-bond acceptors (Lipinski definition) is 4. The minimum absolute atomic E-state index is 0.130. The Hall–Kier alpha value is -0.920. The fourth-order valence-corrected chi connectivity index (χ4v) is 3.23. The zero-order chi connectivity index (χ0) is 13.2. The van der Waals surface area contributed by atoms with Gasteiger partial charge in [0.25, 0.3) is 0 Å². The average Bonchev–Trinajstić information content (AvgIpc) is 2.94. The highest BCUT2D eigenvalue weighted by Gasteiger charge is 2.26. The molecule has 0 saturated heterocycles. The Kier molecular flexibility index (Phi) is 4.04. The summed E-state index contributed by atoms with van der Waals surface area (Å²) in [6.45, 7) is 7.35. The second kappa shape index (κ2) is 5.38. The number of nitrogens with one attached hydrogen (secondary N) is 1. The third-order valence-electron chi connectivity index (χ3n) is 3.42. The first kappa shape index (κ1) is 13.5. The minimum Gasteiger partial charge on any atom is -0.307 e. The quantitative estimate of drug-likeness (QED) is 0.911. The fraction of sp³-hybridized carbons (Fsp3) is 0.714. The second-order valence-corrected chi connectivity index (χ2v) is 6.91. The number of aromatic nitrogens is 1. The van der Waals surface area contributed by atoms with Crippen molar-refractivity contribution in [3.05, 3.63) is 16.1 Å². The predicted octanol–water partition coefficient (Wildman–Crippen LogP) is 3.22. The summed E-state index contributed by atoms with van der Waals surface area (Å²) in [5.74, 6) is 0.186. The lowest BCUT2D eigenvalue weighted by molar-refractivity contribution is 0.461. The molecule has 1 fully saturated rings. The number of hydrogen-bond donors (Lipinski definition) is 1. The third-order valence-corrected chi connectivity index (χ3v) is 4.74. The van der Waals surface area contributed by atoms with Crippen LogP contribution in [-0.4, -0.2) is 11.0 Å². The van der Waals surface area contributed by atoms with Gasteiger partial charge in [0.2, 0.25) is 0 Å². The minimum atomic E-state index is 0.130. The Morgan fingerprint density at radius 3 is 2.89 bits per heavy atom. The SMILES string of the molecule is CC(C)(C)c1nc(CNC2CCCC2C#N)cs1. The van der Waals surface area contributed by atoms with E-state index in [1.54, 1.807) is 11.3 Å². The van der Waals surface area contributed by atoms with Crippen molar-refractivity contribution in [1.82, 2.24) is 10.3 Å². The first-order chi connectivity index (χ1) is 8.50. The van der Waals surface area contributed by atoms with Gasteiger partial charge in [0.05, 0.1) is 22.7 Å². The summed E-state index contributed by atoms with van der Waals surface area (Å²) in [7, 11) is 0. The Bertz CT molecular complexity index is 439. The van der Waals surface area contributed by atoms with Gasteiger partial charge in [-0.25, -0.2) is 4.98 Å². The zero-order valence-electron chi connectivity index (χ0n) is 11.4. The number of nitrogens with zero attached hydrogens (tertiary/aromatic N) is 2. The first-order valence-electron chi connectivity index (χ1n) is 6.58. The molecule has 1 N–H and O–H groups in total. The molecule has 3 nitrogen and oxygen atoms in total. The maximum absolute atomic E-state index is 9.04. The van der Waals surface area contributed by atoms with E-state index in [0.717, 1.165) is 25.1 Å². The smallest absolute Gasteiger partial charge is 0.0982 e. The van der Waals surface area contributed by atoms with Gasteiger partial charge in [0.1, 0.15) is 0 Å². The first-order valence-corrected chi connectivity index (χ1v) is 7.46. The molecular weight excluding hydrogens is 242 g/mol. The molecule has 2 unspecified atom stereocenters. The maximum atomic E-state index is 9.04. The van der Waals surface area contributed by atoms with Gasteiger partial charge < -0.3 is 5.32 Å². The Morgan fingerprint density at radius 1 is 1.50 bits per heavy atom. The molecule has 98 valence electrons. The van der Waals surface area contributed by atoms with Gasteiger partial charge in [-0.3, -0.25) is 0 Å². The molecule has 1 aromatic rings. The van der Waals surface area contributed by atoms with Crippen molar-refractivity contribution in [3.63, 3.8) is 0 Å². The van der Waals surface area contributed by atoms with Gasteiger partial charge in [-0.05, 0) is 12.8 Å². The van der Waals surface area contributed by atoms with E-state index in [1.807, 2.05) is 0 Å². The highest BCUT2D eigenvalue weighted by Crippen LogP contribution is 2.27. The van der Waals surface area contributed by atoms with E-state index < -0.39 is 0 Å². The van der Waals surface area contributed by atoms with Gasteiger partial charge >= 0.3 is 0 Å². The van der Waals surface area contributed by atoms with Crippen molar-refractivity contribution in [1.29, 1.82) is 5.26 Å². The highest BCUT2D eigenvalue weighted by atomic mass is 32.1. The van der Waals surface area contributed by atoms with E-state index >= 15 is 0 Å². The van der Waals surface area contributed by atoms with Gasteiger partial charge in [0, 0.05) is 23.4 Å². The molecule has 0 aliphatic heterocycles. The van der Waals surface area contributed by atoms with Crippen LogP contribution >= 0.6 is 11.3 Å². The lowest BCUT2D eigenvalue weighted by Gasteiger charge is -2.15. The van der Waals surface area contributed by atoms with Crippen LogP contribution in [0.4, 0.5) is 0 Å². The van der Waals surface area contributed by atoms with Crippen LogP contribution in [0, 0.1) is 17.2 Å². The Morgan fingerprint density at radius 2 is 2.28 bits per heavy atom. The molecule has 0 spiro atoms. The number of thiazole rings is 1. The fourth-order valence-electron chi connectivity index (χ4n) is 2.33. The van der Waals surface area contributed by atoms with E-state index in [4.69, 9.17) is 5.26 Å². The maximum Gasteiger partial charge on any atom is 0.0982 e. The molecule has 0 amide bonds. The van der Waals surface area contributed by atoms with Crippen molar-refractivity contribution >= 4 is 11.3 Å². The van der Waals surface area contributed by atoms with E-state index in [-0.39, 0.29) is 11.3 Å². The monoisotopic (exact) mass is 263 g/mol. The molecule has 1 aromatic heterocycles. The molecule has 18 heavy (non-hydrogen) atoms. The van der Waals surface area contributed by atoms with Crippen molar-refractivity contribution in [2.24, 2.45) is 5.92 Å². The molecule has 1 heterocycles. The summed E-state index contributed by atoms with van der Waals surface area (Å²) in [6.07, 6.45) is 3.33. The van der Waals surface area contributed by atoms with Crippen LogP contribution in [0.3, 0.4) is 0 Å². The lowest BCUT2D eigenvalue weighted by Crippen LogP contribution is -2.31. The van der Waals surface area contributed by atoms with Gasteiger partial charge in [-0.2, -0.15) is 5.26 Å². The molecule has 1 aliphatic rings. The molecule has 1 aliphatic carbocycles. The number of rotatable bonds is 3. The lowest BCUT2D eigenvalue weighted by atomic mass is 9.98. The predicted molar refractivity (Wildman–Crippen MR) is 74.4 cm³/mol. The molecule has 0 aromatic carbocycles. The molecule has 1 saturated carbocycles. The largest absolute Gasteiger partial charge is 0.307 e. The van der Waals surface area contributed by atoms with Crippen LogP contribution in [0.15, 0.2) is 5.38 Å². The van der Waals surface area contributed by atoms with Gasteiger partial charge in [0.15, 0.2) is 0 Å². The summed E-state index contributed by atoms with van der Waals surface area (Å²) >= 11 is 1.73. The Balaban J connectivity index is 1.91. The van der Waals surface area contributed by atoms with Gasteiger partial charge in [-0.1, -0.05) is 27.2 Å². The van der Waals surface area contributed by atoms with Crippen molar-refractivity contribution < 1.29 is 0 Å². The zero-order valence-corrected chi connectivity index (χ0v) is 12.2. The normalized spacial score (nSPS) is 24.1. The molecule has 0 bridgehead atoms. The summed E-state index contributed by atoms with van der Waals surface area (Å²) < 4.78 is 0. The summed E-state index contributed by atoms with van der Waals surface area (Å²) in [6, 6.07) is 2.76. The van der Waals surface area contributed by atoms with Crippen LogP contribution in [0.5, 0.6) is 0 Å². The summed E-state index contributed by atoms with van der Waals surface area (Å²) in [5, 5.41) is 15.8. The van der Waals surface area contributed by atoms with E-state index in [1.165, 1.54) is 11.4 Å². The van der Waals surface area contributed by atoms with Crippen LogP contribution in [-0.2, 0) is 12.0 Å². The summed E-state index contributed by atoms with van der Waals surface area (Å²) in [4.78, 5) is 4.67. The van der Waals surface area contributed by atoms with Crippen LogP contribution in [0.1, 0.15) is 50.7 Å². The van der Waals surface area contributed by atoms with E-state index in [2.05, 4.69) is 42.5 Å². The average molecular weight is 263 g/mol. The number of nitriles is 1. The molecule has 2 rings (SSSR count). The van der Waals surface area contributed by atoms with Crippen LogP contribution in [0.25, 0.3) is 0 Å². The molecule has 0 radical (unpaired) electrons. The third kappa shape index (κ3) is 3.09. The van der Waals surface area contributed by atoms with Crippen molar-refractivity contribution in [2.45, 2.75) is 58.0 Å².